The van der Waals surface area contributed by atoms with Gasteiger partial charge in [-0.15, -0.1) is 0 Å². The van der Waals surface area contributed by atoms with Crippen LogP contribution in [0.4, 0.5) is 0 Å². The molecule has 0 aromatic heterocycles. The van der Waals surface area contributed by atoms with Crippen LogP contribution in [0.1, 0.15) is 27.2 Å². The average Bonchev–Trinajstić information content (AvgIpc) is 1.87. The van der Waals surface area contributed by atoms with Gasteiger partial charge >= 0.3 is 0 Å². The van der Waals surface area contributed by atoms with Crippen LogP contribution in [-0.2, 0) is 0 Å². The molecular weight excluding hydrogens is 112 g/mol. The standard InChI is InChI=1S/C7H18N2/c1-5-6(2)9-7(3)8-4/h6-9H,5H2,1-4H3. The van der Waals surface area contributed by atoms with E-state index in [0.717, 1.165) is 0 Å². The summed E-state index contributed by atoms with van der Waals surface area (Å²) >= 11 is 0. The molecule has 0 aliphatic heterocycles. The van der Waals surface area contributed by atoms with Gasteiger partial charge in [-0.05, 0) is 27.3 Å². The molecule has 2 atom stereocenters. The first kappa shape index (κ1) is 8.92. The molecule has 0 aliphatic rings. The van der Waals surface area contributed by atoms with Crippen LogP contribution in [0.15, 0.2) is 0 Å². The Morgan fingerprint density at radius 1 is 1.33 bits per heavy atom. The van der Waals surface area contributed by atoms with E-state index in [0.29, 0.717) is 12.2 Å². The van der Waals surface area contributed by atoms with Gasteiger partial charge in [-0.2, -0.15) is 0 Å². The molecule has 0 fully saturated rings. The zero-order valence-corrected chi connectivity index (χ0v) is 6.86. The second kappa shape index (κ2) is 4.77. The van der Waals surface area contributed by atoms with Gasteiger partial charge in [0.2, 0.25) is 0 Å². The van der Waals surface area contributed by atoms with Crippen molar-refractivity contribution in [2.45, 2.75) is 39.4 Å². The second-order valence-electron chi connectivity index (χ2n) is 2.49. The Balaban J connectivity index is 3.22. The largest absolute Gasteiger partial charge is 0.305 e. The smallest absolute Gasteiger partial charge is 0.0542 e. The number of hydrogen-bond acceptors (Lipinski definition) is 2. The normalized spacial score (nSPS) is 17.3. The third-order valence-corrected chi connectivity index (χ3v) is 1.58. The second-order valence-corrected chi connectivity index (χ2v) is 2.49. The minimum Gasteiger partial charge on any atom is -0.305 e. The zero-order chi connectivity index (χ0) is 7.28. The molecule has 0 saturated heterocycles. The Kier molecular flexibility index (Phi) is 4.72. The molecule has 0 aromatic carbocycles. The minimum absolute atomic E-state index is 0.431. The third kappa shape index (κ3) is 4.43. The van der Waals surface area contributed by atoms with E-state index in [1.165, 1.54) is 6.42 Å². The van der Waals surface area contributed by atoms with Crippen molar-refractivity contribution >= 4 is 0 Å². The summed E-state index contributed by atoms with van der Waals surface area (Å²) in [6.45, 7) is 6.49. The molecule has 0 spiro atoms. The first-order valence-electron chi connectivity index (χ1n) is 3.64. The van der Waals surface area contributed by atoms with Gasteiger partial charge in [-0.1, -0.05) is 6.92 Å². The van der Waals surface area contributed by atoms with E-state index >= 15 is 0 Å². The molecule has 0 saturated carbocycles. The van der Waals surface area contributed by atoms with Crippen molar-refractivity contribution in [3.8, 4) is 0 Å². The van der Waals surface area contributed by atoms with Gasteiger partial charge in [0, 0.05) is 6.04 Å². The summed E-state index contributed by atoms with van der Waals surface area (Å²) in [7, 11) is 1.96. The van der Waals surface area contributed by atoms with Crippen LogP contribution in [0.2, 0.25) is 0 Å². The molecule has 2 unspecified atom stereocenters. The number of nitrogens with one attached hydrogen (secondary N) is 2. The van der Waals surface area contributed by atoms with Crippen LogP contribution < -0.4 is 10.6 Å². The lowest BCUT2D eigenvalue weighted by molar-refractivity contribution is 0.420. The van der Waals surface area contributed by atoms with Gasteiger partial charge in [0.15, 0.2) is 0 Å². The van der Waals surface area contributed by atoms with Crippen molar-refractivity contribution in [2.24, 2.45) is 0 Å². The van der Waals surface area contributed by atoms with Gasteiger partial charge in [0.05, 0.1) is 6.17 Å². The predicted octanol–water partition coefficient (Wildman–Crippen LogP) is 0.940. The fraction of sp³-hybridized carbons (Fsp3) is 1.00. The first-order chi connectivity index (χ1) is 4.20. The highest BCUT2D eigenvalue weighted by Crippen LogP contribution is 1.88. The topological polar surface area (TPSA) is 24.1 Å². The maximum atomic E-state index is 3.37. The van der Waals surface area contributed by atoms with Crippen molar-refractivity contribution in [3.63, 3.8) is 0 Å². The molecule has 0 bridgehead atoms. The lowest BCUT2D eigenvalue weighted by Gasteiger charge is -2.17. The Morgan fingerprint density at radius 2 is 1.89 bits per heavy atom. The highest BCUT2D eigenvalue weighted by molar-refractivity contribution is 4.61. The van der Waals surface area contributed by atoms with E-state index in [2.05, 4.69) is 31.4 Å². The van der Waals surface area contributed by atoms with Crippen LogP contribution in [0.5, 0.6) is 0 Å². The van der Waals surface area contributed by atoms with Gasteiger partial charge in [0.25, 0.3) is 0 Å². The molecule has 0 heterocycles. The van der Waals surface area contributed by atoms with Crippen molar-refractivity contribution < 1.29 is 0 Å². The van der Waals surface area contributed by atoms with Gasteiger partial charge in [-0.3, -0.25) is 5.32 Å². The molecule has 9 heavy (non-hydrogen) atoms. The highest BCUT2D eigenvalue weighted by Gasteiger charge is 2.00. The SMILES string of the molecule is CCC(C)NC(C)NC. The van der Waals surface area contributed by atoms with Crippen LogP contribution in [0, 0.1) is 0 Å². The molecule has 0 radical (unpaired) electrons. The van der Waals surface area contributed by atoms with Crippen LogP contribution in [0.25, 0.3) is 0 Å². The molecule has 0 aromatic rings. The average molecular weight is 130 g/mol. The molecule has 0 rings (SSSR count). The Labute approximate surface area is 58.0 Å². The van der Waals surface area contributed by atoms with E-state index in [1.807, 2.05) is 7.05 Å². The van der Waals surface area contributed by atoms with Crippen LogP contribution in [0.3, 0.4) is 0 Å². The quantitative estimate of drug-likeness (QED) is 0.553. The molecular formula is C7H18N2. The Hall–Kier alpha value is -0.0800. The van der Waals surface area contributed by atoms with Gasteiger partial charge < -0.3 is 5.32 Å². The molecule has 2 heteroatoms. The number of rotatable bonds is 4. The Morgan fingerprint density at radius 3 is 2.22 bits per heavy atom. The van der Waals surface area contributed by atoms with E-state index < -0.39 is 0 Å². The van der Waals surface area contributed by atoms with Crippen molar-refractivity contribution in [1.82, 2.24) is 10.6 Å². The van der Waals surface area contributed by atoms with E-state index in [-0.39, 0.29) is 0 Å². The molecule has 0 amide bonds. The van der Waals surface area contributed by atoms with Crippen molar-refractivity contribution in [1.29, 1.82) is 0 Å². The predicted molar refractivity (Wildman–Crippen MR) is 41.4 cm³/mol. The molecule has 2 N–H and O–H groups in total. The summed E-state index contributed by atoms with van der Waals surface area (Å²) in [6, 6.07) is 0.618. The van der Waals surface area contributed by atoms with Crippen LogP contribution in [-0.4, -0.2) is 19.3 Å². The number of hydrogen-bond donors (Lipinski definition) is 2. The van der Waals surface area contributed by atoms with Gasteiger partial charge in [0.1, 0.15) is 0 Å². The Bertz CT molecular complexity index is 55.9. The third-order valence-electron chi connectivity index (χ3n) is 1.58. The summed E-state index contributed by atoms with van der Waals surface area (Å²) < 4.78 is 0. The van der Waals surface area contributed by atoms with Gasteiger partial charge in [-0.25, -0.2) is 0 Å². The summed E-state index contributed by atoms with van der Waals surface area (Å²) in [5, 5.41) is 6.49. The molecule has 2 nitrogen and oxygen atoms in total. The minimum atomic E-state index is 0.431. The highest BCUT2D eigenvalue weighted by atomic mass is 15.1. The van der Waals surface area contributed by atoms with E-state index in [1.54, 1.807) is 0 Å². The maximum absolute atomic E-state index is 3.37. The summed E-state index contributed by atoms with van der Waals surface area (Å²) in [4.78, 5) is 0. The maximum Gasteiger partial charge on any atom is 0.0542 e. The summed E-state index contributed by atoms with van der Waals surface area (Å²) in [6.07, 6.45) is 1.62. The molecule has 56 valence electrons. The van der Waals surface area contributed by atoms with Crippen LogP contribution >= 0.6 is 0 Å². The lowest BCUT2D eigenvalue weighted by atomic mass is 10.2. The van der Waals surface area contributed by atoms with Crippen molar-refractivity contribution in [2.75, 3.05) is 7.05 Å². The van der Waals surface area contributed by atoms with Crippen molar-refractivity contribution in [3.05, 3.63) is 0 Å². The zero-order valence-electron chi connectivity index (χ0n) is 6.86. The fourth-order valence-corrected chi connectivity index (χ4v) is 0.628. The monoisotopic (exact) mass is 130 g/mol. The summed E-state index contributed by atoms with van der Waals surface area (Å²) in [5.41, 5.74) is 0. The van der Waals surface area contributed by atoms with E-state index in [4.69, 9.17) is 0 Å². The fourth-order valence-electron chi connectivity index (χ4n) is 0.628. The molecule has 0 aliphatic carbocycles. The lowest BCUT2D eigenvalue weighted by Crippen LogP contribution is -2.42. The first-order valence-corrected chi connectivity index (χ1v) is 3.64. The van der Waals surface area contributed by atoms with E-state index in [9.17, 15) is 0 Å². The summed E-state index contributed by atoms with van der Waals surface area (Å²) in [5.74, 6) is 0.